The topological polar surface area (TPSA) is 64.7 Å². The van der Waals surface area contributed by atoms with Crippen molar-refractivity contribution in [2.24, 2.45) is 5.92 Å². The van der Waals surface area contributed by atoms with E-state index in [1.165, 1.54) is 12.8 Å². The molecule has 8 heteroatoms. The number of piperidine rings is 1. The summed E-state index contributed by atoms with van der Waals surface area (Å²) in [4.78, 5) is 28.6. The van der Waals surface area contributed by atoms with Crippen molar-refractivity contribution >= 4 is 36.6 Å². The van der Waals surface area contributed by atoms with Crippen molar-refractivity contribution in [1.29, 1.82) is 0 Å². The van der Waals surface area contributed by atoms with E-state index < -0.39 is 0 Å². The van der Waals surface area contributed by atoms with Crippen LogP contribution in [0.25, 0.3) is 0 Å². The summed E-state index contributed by atoms with van der Waals surface area (Å²) in [5.74, 6) is 0.952. The lowest BCUT2D eigenvalue weighted by Crippen LogP contribution is -2.52. The number of piperazine rings is 1. The van der Waals surface area contributed by atoms with Crippen molar-refractivity contribution in [3.05, 3.63) is 0 Å². The number of amides is 2. The van der Waals surface area contributed by atoms with E-state index in [-0.39, 0.29) is 36.8 Å². The quantitative estimate of drug-likeness (QED) is 0.721. The summed E-state index contributed by atoms with van der Waals surface area (Å²) in [6, 6.07) is 1.48. The molecule has 2 N–H and O–H groups in total. The predicted molar refractivity (Wildman–Crippen MR) is 108 cm³/mol. The number of nitrogens with zero attached hydrogens (tertiary/aromatic N) is 2. The van der Waals surface area contributed by atoms with E-state index in [4.69, 9.17) is 0 Å². The zero-order valence-electron chi connectivity index (χ0n) is 15.9. The van der Waals surface area contributed by atoms with Crippen LogP contribution in [0.15, 0.2) is 0 Å². The van der Waals surface area contributed by atoms with Crippen LogP contribution in [0.2, 0.25) is 0 Å². The molecular formula is C18H34Cl2N4O2. The Kier molecular flexibility index (Phi) is 9.65. The zero-order chi connectivity index (χ0) is 17.1. The van der Waals surface area contributed by atoms with E-state index in [1.54, 1.807) is 0 Å². The molecular weight excluding hydrogens is 375 g/mol. The van der Waals surface area contributed by atoms with Crippen LogP contribution in [0.5, 0.6) is 0 Å². The minimum atomic E-state index is 0. The van der Waals surface area contributed by atoms with Crippen molar-refractivity contribution in [1.82, 2.24) is 20.4 Å². The van der Waals surface area contributed by atoms with Crippen molar-refractivity contribution < 1.29 is 9.59 Å². The summed E-state index contributed by atoms with van der Waals surface area (Å²) in [6.45, 7) is 7.50. The number of carbonyl (C=O) groups excluding carboxylic acids is 2. The van der Waals surface area contributed by atoms with Crippen molar-refractivity contribution in [2.75, 3.05) is 32.7 Å². The van der Waals surface area contributed by atoms with Gasteiger partial charge in [0.05, 0.1) is 6.54 Å². The Labute approximate surface area is 169 Å². The summed E-state index contributed by atoms with van der Waals surface area (Å²) in [6.07, 6.45) is 5.61. The molecule has 2 unspecified atom stereocenters. The van der Waals surface area contributed by atoms with Gasteiger partial charge in [0.25, 0.3) is 0 Å². The molecule has 0 aliphatic carbocycles. The van der Waals surface area contributed by atoms with Gasteiger partial charge in [-0.25, -0.2) is 0 Å². The van der Waals surface area contributed by atoms with E-state index in [0.717, 1.165) is 39.0 Å². The Hall–Kier alpha value is -0.560. The molecule has 3 fully saturated rings. The van der Waals surface area contributed by atoms with Gasteiger partial charge in [-0.15, -0.1) is 24.8 Å². The molecule has 0 radical (unpaired) electrons. The van der Waals surface area contributed by atoms with Gasteiger partial charge in [-0.05, 0) is 45.4 Å². The lowest BCUT2D eigenvalue weighted by atomic mass is 9.89. The highest BCUT2D eigenvalue weighted by atomic mass is 35.5. The minimum Gasteiger partial charge on any atom is -0.353 e. The fourth-order valence-electron chi connectivity index (χ4n) is 4.44. The Morgan fingerprint density at radius 2 is 1.62 bits per heavy atom. The number of fused-ring (bicyclic) bond motifs is 2. The Morgan fingerprint density at radius 3 is 2.15 bits per heavy atom. The average molecular weight is 409 g/mol. The lowest BCUT2D eigenvalue weighted by molar-refractivity contribution is -0.134. The molecule has 0 saturated carbocycles. The summed E-state index contributed by atoms with van der Waals surface area (Å²) in [5.41, 5.74) is 0. The normalized spacial score (nSPS) is 28.3. The van der Waals surface area contributed by atoms with Crippen molar-refractivity contribution in [3.8, 4) is 0 Å². The summed E-state index contributed by atoms with van der Waals surface area (Å²) in [5, 5.41) is 6.57. The lowest BCUT2D eigenvalue weighted by Gasteiger charge is -2.36. The predicted octanol–water partition coefficient (Wildman–Crippen LogP) is 1.42. The summed E-state index contributed by atoms with van der Waals surface area (Å²) in [7, 11) is 0. The molecule has 0 aromatic rings. The molecule has 2 amide bonds. The van der Waals surface area contributed by atoms with Crippen LogP contribution in [0.1, 0.15) is 46.0 Å². The first kappa shape index (κ1) is 23.5. The molecule has 3 aliphatic heterocycles. The maximum atomic E-state index is 12.6. The average Bonchev–Trinajstić information content (AvgIpc) is 2.86. The molecule has 2 atom stereocenters. The number of carbonyl (C=O) groups is 2. The summed E-state index contributed by atoms with van der Waals surface area (Å²) >= 11 is 0. The zero-order valence-corrected chi connectivity index (χ0v) is 17.5. The van der Waals surface area contributed by atoms with E-state index >= 15 is 0 Å². The maximum Gasteiger partial charge on any atom is 0.234 e. The summed E-state index contributed by atoms with van der Waals surface area (Å²) < 4.78 is 0. The monoisotopic (exact) mass is 408 g/mol. The number of hydrogen-bond donors (Lipinski definition) is 2. The molecule has 3 aliphatic rings. The van der Waals surface area contributed by atoms with E-state index in [0.29, 0.717) is 36.9 Å². The fourth-order valence-corrected chi connectivity index (χ4v) is 4.44. The first-order valence-electron chi connectivity index (χ1n) is 9.55. The van der Waals surface area contributed by atoms with Crippen LogP contribution >= 0.6 is 24.8 Å². The van der Waals surface area contributed by atoms with Crippen LogP contribution in [0, 0.1) is 5.92 Å². The SMILES string of the molecule is CC(C)NC(=O)CN1CCN(C(=O)CC2CC3CCC(C2)N3)CC1.Cl.Cl. The molecule has 2 bridgehead atoms. The second-order valence-corrected chi connectivity index (χ2v) is 8.06. The number of hydrogen-bond acceptors (Lipinski definition) is 4. The highest BCUT2D eigenvalue weighted by Gasteiger charge is 2.35. The highest BCUT2D eigenvalue weighted by molar-refractivity contribution is 5.85. The molecule has 26 heavy (non-hydrogen) atoms. The van der Waals surface area contributed by atoms with Crippen LogP contribution in [-0.2, 0) is 9.59 Å². The van der Waals surface area contributed by atoms with Crippen molar-refractivity contribution in [3.63, 3.8) is 0 Å². The van der Waals surface area contributed by atoms with Gasteiger partial charge in [-0.2, -0.15) is 0 Å². The molecule has 0 spiro atoms. The van der Waals surface area contributed by atoms with Gasteiger partial charge < -0.3 is 15.5 Å². The van der Waals surface area contributed by atoms with E-state index in [2.05, 4.69) is 15.5 Å². The van der Waals surface area contributed by atoms with Crippen LogP contribution in [0.4, 0.5) is 0 Å². The second-order valence-electron chi connectivity index (χ2n) is 8.06. The maximum absolute atomic E-state index is 12.6. The van der Waals surface area contributed by atoms with E-state index in [1.807, 2.05) is 18.7 Å². The molecule has 152 valence electrons. The standard InChI is InChI=1S/C18H32N4O2.2ClH/c1-13(2)19-17(23)12-21-5-7-22(8-6-21)18(24)11-14-9-15-3-4-16(10-14)20-15;;/h13-16,20H,3-12H2,1-2H3,(H,19,23);2*1H. The minimum absolute atomic E-state index is 0. The van der Waals surface area contributed by atoms with Gasteiger partial charge in [0.2, 0.25) is 11.8 Å². The van der Waals surface area contributed by atoms with Gasteiger partial charge >= 0.3 is 0 Å². The molecule has 3 rings (SSSR count). The fraction of sp³-hybridized carbons (Fsp3) is 0.889. The van der Waals surface area contributed by atoms with Gasteiger partial charge in [0, 0.05) is 50.7 Å². The molecule has 6 nitrogen and oxygen atoms in total. The first-order chi connectivity index (χ1) is 11.5. The van der Waals surface area contributed by atoms with Gasteiger partial charge in [0.1, 0.15) is 0 Å². The van der Waals surface area contributed by atoms with Crippen LogP contribution < -0.4 is 10.6 Å². The van der Waals surface area contributed by atoms with Crippen LogP contribution in [-0.4, -0.2) is 72.5 Å². The first-order valence-corrected chi connectivity index (χ1v) is 9.55. The van der Waals surface area contributed by atoms with E-state index in [9.17, 15) is 9.59 Å². The third-order valence-corrected chi connectivity index (χ3v) is 5.58. The molecule has 0 aromatic carbocycles. The highest BCUT2D eigenvalue weighted by Crippen LogP contribution is 2.33. The Bertz CT molecular complexity index is 458. The smallest absolute Gasteiger partial charge is 0.234 e. The van der Waals surface area contributed by atoms with Gasteiger partial charge in [-0.1, -0.05) is 0 Å². The Morgan fingerprint density at radius 1 is 1.04 bits per heavy atom. The molecule has 0 aromatic heterocycles. The Balaban J connectivity index is 0.00000169. The molecule has 3 saturated heterocycles. The number of halogens is 2. The number of rotatable bonds is 5. The molecule has 3 heterocycles. The second kappa shape index (κ2) is 10.7. The van der Waals surface area contributed by atoms with Gasteiger partial charge in [0.15, 0.2) is 0 Å². The third-order valence-electron chi connectivity index (χ3n) is 5.58. The number of nitrogens with one attached hydrogen (secondary N) is 2. The van der Waals surface area contributed by atoms with Crippen molar-refractivity contribution in [2.45, 2.75) is 64.1 Å². The van der Waals surface area contributed by atoms with Crippen LogP contribution in [0.3, 0.4) is 0 Å². The largest absolute Gasteiger partial charge is 0.353 e. The van der Waals surface area contributed by atoms with Gasteiger partial charge in [-0.3, -0.25) is 14.5 Å². The third kappa shape index (κ3) is 6.55.